The molecule has 4 heteroatoms. The van der Waals surface area contributed by atoms with Crippen LogP contribution in [0.5, 0.6) is 5.75 Å². The molecule has 0 saturated carbocycles. The van der Waals surface area contributed by atoms with E-state index in [9.17, 15) is 4.79 Å². The van der Waals surface area contributed by atoms with E-state index in [0.29, 0.717) is 25.2 Å². The van der Waals surface area contributed by atoms with Gasteiger partial charge in [-0.1, -0.05) is 0 Å². The number of Topliss-reactive ketones (excluding diaryl/α,β-unsaturated/α-hetero) is 1. The maximum absolute atomic E-state index is 11.2. The Morgan fingerprint density at radius 1 is 1.19 bits per heavy atom. The topological polar surface area (TPSA) is 38.8 Å². The largest absolute Gasteiger partial charge is 0.371 e. The first kappa shape index (κ1) is 9.66. The second kappa shape index (κ2) is 3.79. The van der Waals surface area contributed by atoms with Crippen LogP contribution < -0.4 is 9.79 Å². The molecule has 2 heterocycles. The van der Waals surface area contributed by atoms with Crippen LogP contribution in [-0.2, 0) is 16.3 Å². The van der Waals surface area contributed by atoms with Crippen LogP contribution in [0, 0.1) is 0 Å². The van der Waals surface area contributed by atoms with Crippen LogP contribution in [0.25, 0.3) is 0 Å². The predicted octanol–water partition coefficient (Wildman–Crippen LogP) is 1.68. The maximum atomic E-state index is 11.2. The third-order valence-electron chi connectivity index (χ3n) is 3.09. The van der Waals surface area contributed by atoms with Gasteiger partial charge in [-0.2, -0.15) is 4.89 Å². The Hall–Kier alpha value is -1.55. The van der Waals surface area contributed by atoms with E-state index in [1.165, 1.54) is 0 Å². The number of carbonyl (C=O) groups excluding carboxylic acids is 1. The van der Waals surface area contributed by atoms with Crippen molar-refractivity contribution in [2.75, 3.05) is 18.0 Å². The molecule has 0 N–H and O–H groups in total. The van der Waals surface area contributed by atoms with Gasteiger partial charge >= 0.3 is 0 Å². The molecule has 0 radical (unpaired) electrons. The van der Waals surface area contributed by atoms with Gasteiger partial charge in [-0.25, -0.2) is 0 Å². The van der Waals surface area contributed by atoms with Gasteiger partial charge < -0.3 is 9.79 Å². The molecule has 0 atom stereocenters. The van der Waals surface area contributed by atoms with Gasteiger partial charge in [0, 0.05) is 37.2 Å². The van der Waals surface area contributed by atoms with E-state index < -0.39 is 0 Å². The standard InChI is InChI=1S/C12H13NO3/c14-11-3-5-13(6-4-11)10-1-2-12-9(7-10)8-15-16-12/h1-2,7H,3-6,8H2. The number of carbonyl (C=O) groups is 1. The van der Waals surface area contributed by atoms with Gasteiger partial charge in [-0.3, -0.25) is 4.79 Å². The first-order valence-corrected chi connectivity index (χ1v) is 5.52. The molecule has 4 nitrogen and oxygen atoms in total. The van der Waals surface area contributed by atoms with E-state index in [2.05, 4.69) is 11.0 Å². The lowest BCUT2D eigenvalue weighted by atomic mass is 10.1. The molecule has 1 saturated heterocycles. The van der Waals surface area contributed by atoms with Crippen molar-refractivity contribution < 1.29 is 14.6 Å². The summed E-state index contributed by atoms with van der Waals surface area (Å²) in [7, 11) is 0. The highest BCUT2D eigenvalue weighted by Gasteiger charge is 2.19. The normalized spacial score (nSPS) is 19.5. The van der Waals surface area contributed by atoms with Gasteiger partial charge in [0.25, 0.3) is 0 Å². The molecule has 0 spiro atoms. The maximum Gasteiger partial charge on any atom is 0.171 e. The zero-order chi connectivity index (χ0) is 11.0. The lowest BCUT2D eigenvalue weighted by Gasteiger charge is -2.28. The Bertz CT molecular complexity index is 420. The molecule has 0 unspecified atom stereocenters. The summed E-state index contributed by atoms with van der Waals surface area (Å²) in [6.07, 6.45) is 1.31. The minimum Gasteiger partial charge on any atom is -0.371 e. The molecule has 1 aromatic carbocycles. The number of nitrogens with zero attached hydrogens (tertiary/aromatic N) is 1. The lowest BCUT2D eigenvalue weighted by Crippen LogP contribution is -2.33. The average molecular weight is 219 g/mol. The van der Waals surface area contributed by atoms with E-state index in [1.54, 1.807) is 0 Å². The average Bonchev–Trinajstić information content (AvgIpc) is 2.77. The summed E-state index contributed by atoms with van der Waals surface area (Å²) in [5.74, 6) is 1.17. The summed E-state index contributed by atoms with van der Waals surface area (Å²) in [6.45, 7) is 2.15. The van der Waals surface area contributed by atoms with Crippen LogP contribution in [0.3, 0.4) is 0 Å². The van der Waals surface area contributed by atoms with Crippen molar-refractivity contribution in [3.63, 3.8) is 0 Å². The molecular formula is C12H13NO3. The van der Waals surface area contributed by atoms with Gasteiger partial charge in [0.1, 0.15) is 12.4 Å². The quantitative estimate of drug-likeness (QED) is 0.674. The summed E-state index contributed by atoms with van der Waals surface area (Å²) < 4.78 is 0. The number of hydrogen-bond donors (Lipinski definition) is 0. The number of anilines is 1. The molecule has 2 aliphatic heterocycles. The monoisotopic (exact) mass is 219 g/mol. The fraction of sp³-hybridized carbons (Fsp3) is 0.417. The van der Waals surface area contributed by atoms with Crippen molar-refractivity contribution in [2.24, 2.45) is 0 Å². The fourth-order valence-electron chi connectivity index (χ4n) is 2.13. The van der Waals surface area contributed by atoms with Gasteiger partial charge in [0.15, 0.2) is 5.75 Å². The summed E-state index contributed by atoms with van der Waals surface area (Å²) in [5, 5.41) is 0. The Kier molecular flexibility index (Phi) is 2.29. The first-order chi connectivity index (χ1) is 7.83. The Balaban J connectivity index is 1.82. The molecule has 2 aliphatic rings. The summed E-state index contributed by atoms with van der Waals surface area (Å²) in [6, 6.07) is 6.02. The van der Waals surface area contributed by atoms with Gasteiger partial charge in [0.05, 0.1) is 0 Å². The van der Waals surface area contributed by atoms with Gasteiger partial charge in [-0.15, -0.1) is 0 Å². The lowest BCUT2D eigenvalue weighted by molar-refractivity contribution is -0.194. The van der Waals surface area contributed by atoms with Crippen molar-refractivity contribution in [1.29, 1.82) is 0 Å². The van der Waals surface area contributed by atoms with Crippen LogP contribution >= 0.6 is 0 Å². The van der Waals surface area contributed by atoms with Crippen LogP contribution in [0.4, 0.5) is 5.69 Å². The SMILES string of the molecule is O=C1CCN(c2ccc3c(c2)COO3)CC1. The predicted molar refractivity (Wildman–Crippen MR) is 58.3 cm³/mol. The minimum absolute atomic E-state index is 0.365. The van der Waals surface area contributed by atoms with Crippen LogP contribution in [0.2, 0.25) is 0 Å². The molecule has 84 valence electrons. The van der Waals surface area contributed by atoms with E-state index >= 15 is 0 Å². The van der Waals surface area contributed by atoms with Crippen LogP contribution in [0.1, 0.15) is 18.4 Å². The third-order valence-corrected chi connectivity index (χ3v) is 3.09. The summed E-state index contributed by atoms with van der Waals surface area (Å²) in [5.41, 5.74) is 2.23. The highest BCUT2D eigenvalue weighted by atomic mass is 17.2. The van der Waals surface area contributed by atoms with Crippen molar-refractivity contribution >= 4 is 11.5 Å². The van der Waals surface area contributed by atoms with Crippen molar-refractivity contribution in [2.45, 2.75) is 19.4 Å². The van der Waals surface area contributed by atoms with Gasteiger partial charge in [0.2, 0.25) is 0 Å². The third kappa shape index (κ3) is 1.65. The highest BCUT2D eigenvalue weighted by Crippen LogP contribution is 2.30. The van der Waals surface area contributed by atoms with Crippen LogP contribution in [0.15, 0.2) is 18.2 Å². The molecule has 0 amide bonds. The number of rotatable bonds is 1. The van der Waals surface area contributed by atoms with E-state index in [1.807, 2.05) is 12.1 Å². The highest BCUT2D eigenvalue weighted by molar-refractivity contribution is 5.81. The second-order valence-electron chi connectivity index (χ2n) is 4.16. The zero-order valence-electron chi connectivity index (χ0n) is 8.94. The molecule has 0 bridgehead atoms. The molecule has 3 rings (SSSR count). The Morgan fingerprint density at radius 2 is 2.00 bits per heavy atom. The molecule has 0 aromatic heterocycles. The second-order valence-corrected chi connectivity index (χ2v) is 4.16. The van der Waals surface area contributed by atoms with E-state index in [-0.39, 0.29) is 0 Å². The Morgan fingerprint density at radius 3 is 2.81 bits per heavy atom. The zero-order valence-corrected chi connectivity index (χ0v) is 8.94. The van der Waals surface area contributed by atoms with Gasteiger partial charge in [-0.05, 0) is 18.2 Å². The van der Waals surface area contributed by atoms with Crippen molar-refractivity contribution in [1.82, 2.24) is 0 Å². The summed E-state index contributed by atoms with van der Waals surface area (Å²) in [4.78, 5) is 23.3. The number of fused-ring (bicyclic) bond motifs is 1. The molecular weight excluding hydrogens is 206 g/mol. The van der Waals surface area contributed by atoms with E-state index in [0.717, 1.165) is 30.1 Å². The molecule has 0 aliphatic carbocycles. The van der Waals surface area contributed by atoms with Crippen molar-refractivity contribution in [3.8, 4) is 5.75 Å². The Labute approximate surface area is 93.7 Å². The number of ketones is 1. The van der Waals surface area contributed by atoms with Crippen molar-refractivity contribution in [3.05, 3.63) is 23.8 Å². The molecule has 1 aromatic rings. The van der Waals surface area contributed by atoms with E-state index in [4.69, 9.17) is 9.78 Å². The molecule has 1 fully saturated rings. The molecule has 16 heavy (non-hydrogen) atoms. The minimum atomic E-state index is 0.365. The smallest absolute Gasteiger partial charge is 0.171 e. The summed E-state index contributed by atoms with van der Waals surface area (Å²) >= 11 is 0. The number of hydrogen-bond acceptors (Lipinski definition) is 4. The first-order valence-electron chi connectivity index (χ1n) is 5.52. The fourth-order valence-corrected chi connectivity index (χ4v) is 2.13. The van der Waals surface area contributed by atoms with Crippen LogP contribution in [-0.4, -0.2) is 18.9 Å². The number of piperidine rings is 1. The number of benzene rings is 1.